The van der Waals surface area contributed by atoms with E-state index in [9.17, 15) is 4.79 Å². The van der Waals surface area contributed by atoms with Gasteiger partial charge >= 0.3 is 0 Å². The van der Waals surface area contributed by atoms with E-state index in [1.807, 2.05) is 31.2 Å². The summed E-state index contributed by atoms with van der Waals surface area (Å²) in [5.41, 5.74) is 7.88. The van der Waals surface area contributed by atoms with Gasteiger partial charge in [-0.05, 0) is 42.8 Å². The molecule has 0 heterocycles. The number of nitrogen functional groups attached to an aromatic ring is 1. The molecule has 0 fully saturated rings. The fourth-order valence-corrected chi connectivity index (χ4v) is 1.99. The predicted octanol–water partition coefficient (Wildman–Crippen LogP) is 3.64. The van der Waals surface area contributed by atoms with Crippen LogP contribution >= 0.6 is 11.6 Å². The van der Waals surface area contributed by atoms with Gasteiger partial charge in [0.05, 0.1) is 24.4 Å². The van der Waals surface area contributed by atoms with Crippen molar-refractivity contribution in [3.8, 4) is 5.75 Å². The number of hydrogen-bond acceptors (Lipinski definition) is 3. The largest absolute Gasteiger partial charge is 0.493 e. The van der Waals surface area contributed by atoms with Gasteiger partial charge in [0.1, 0.15) is 5.75 Å². The molecule has 3 N–H and O–H groups in total. The zero-order chi connectivity index (χ0) is 15.2. The molecule has 0 aliphatic rings. The molecule has 0 aliphatic heterocycles. The second-order valence-corrected chi connectivity index (χ2v) is 5.13. The van der Waals surface area contributed by atoms with Crippen LogP contribution in [0.25, 0.3) is 0 Å². The molecule has 0 aliphatic carbocycles. The average Bonchev–Trinajstić information content (AvgIpc) is 2.43. The molecule has 0 aromatic heterocycles. The van der Waals surface area contributed by atoms with E-state index in [1.54, 1.807) is 18.2 Å². The highest BCUT2D eigenvalue weighted by Crippen LogP contribution is 2.23. The number of nitrogens with two attached hydrogens (primary N) is 1. The van der Waals surface area contributed by atoms with Crippen molar-refractivity contribution in [2.75, 3.05) is 17.7 Å². The zero-order valence-electron chi connectivity index (χ0n) is 11.7. The average molecular weight is 305 g/mol. The summed E-state index contributed by atoms with van der Waals surface area (Å²) < 4.78 is 5.53. The Morgan fingerprint density at radius 1 is 1.29 bits per heavy atom. The lowest BCUT2D eigenvalue weighted by Gasteiger charge is -2.09. The summed E-state index contributed by atoms with van der Waals surface area (Å²) in [6.07, 6.45) is 0.236. The van der Waals surface area contributed by atoms with Crippen molar-refractivity contribution in [2.24, 2.45) is 0 Å². The van der Waals surface area contributed by atoms with Crippen molar-refractivity contribution >= 4 is 28.9 Å². The highest BCUT2D eigenvalue weighted by molar-refractivity contribution is 6.31. The van der Waals surface area contributed by atoms with Gasteiger partial charge in [0.15, 0.2) is 0 Å². The number of carbonyl (C=O) groups is 1. The second kappa shape index (κ2) is 6.99. The Balaban J connectivity index is 1.84. The van der Waals surface area contributed by atoms with Crippen LogP contribution in [0.1, 0.15) is 12.0 Å². The topological polar surface area (TPSA) is 64.3 Å². The number of hydrogen-bond donors (Lipinski definition) is 2. The molecule has 2 aromatic rings. The quantitative estimate of drug-likeness (QED) is 0.829. The van der Waals surface area contributed by atoms with E-state index in [0.29, 0.717) is 23.0 Å². The maximum absolute atomic E-state index is 11.8. The van der Waals surface area contributed by atoms with Crippen molar-refractivity contribution in [1.82, 2.24) is 0 Å². The molecule has 21 heavy (non-hydrogen) atoms. The van der Waals surface area contributed by atoms with Gasteiger partial charge in [-0.3, -0.25) is 4.79 Å². The van der Waals surface area contributed by atoms with Gasteiger partial charge in [0, 0.05) is 5.02 Å². The SMILES string of the molecule is Cc1cccc(OCCC(=O)Nc2cc(Cl)ccc2N)c1. The van der Waals surface area contributed by atoms with Gasteiger partial charge in [-0.2, -0.15) is 0 Å². The third-order valence-electron chi connectivity index (χ3n) is 2.88. The molecule has 2 aromatic carbocycles. The lowest BCUT2D eigenvalue weighted by atomic mass is 10.2. The van der Waals surface area contributed by atoms with Gasteiger partial charge < -0.3 is 15.8 Å². The molecule has 4 nitrogen and oxygen atoms in total. The van der Waals surface area contributed by atoms with Crippen LogP contribution in [0.15, 0.2) is 42.5 Å². The summed E-state index contributed by atoms with van der Waals surface area (Å²) in [5, 5.41) is 3.24. The molecule has 2 rings (SSSR count). The summed E-state index contributed by atoms with van der Waals surface area (Å²) in [4.78, 5) is 11.8. The number of benzene rings is 2. The standard InChI is InChI=1S/C16H17ClN2O2/c1-11-3-2-4-13(9-11)21-8-7-16(20)19-15-10-12(17)5-6-14(15)18/h2-6,9-10H,7-8,18H2,1H3,(H,19,20). The van der Waals surface area contributed by atoms with Crippen molar-refractivity contribution < 1.29 is 9.53 Å². The minimum Gasteiger partial charge on any atom is -0.493 e. The van der Waals surface area contributed by atoms with E-state index in [2.05, 4.69) is 5.32 Å². The van der Waals surface area contributed by atoms with Gasteiger partial charge in [0.25, 0.3) is 0 Å². The third-order valence-corrected chi connectivity index (χ3v) is 3.11. The second-order valence-electron chi connectivity index (χ2n) is 4.69. The maximum atomic E-state index is 11.8. The summed E-state index contributed by atoms with van der Waals surface area (Å²) in [6, 6.07) is 12.6. The Morgan fingerprint density at radius 2 is 2.10 bits per heavy atom. The number of carbonyl (C=O) groups excluding carboxylic acids is 1. The molecule has 0 bridgehead atoms. The highest BCUT2D eigenvalue weighted by atomic mass is 35.5. The van der Waals surface area contributed by atoms with Crippen LogP contribution in [0.2, 0.25) is 5.02 Å². The summed E-state index contributed by atoms with van der Waals surface area (Å²) in [6.45, 7) is 2.29. The number of halogens is 1. The first-order chi connectivity index (χ1) is 10.0. The molecule has 110 valence electrons. The van der Waals surface area contributed by atoms with Gasteiger partial charge in [0.2, 0.25) is 5.91 Å². The summed E-state index contributed by atoms with van der Waals surface area (Å²) >= 11 is 5.87. The normalized spacial score (nSPS) is 10.2. The highest BCUT2D eigenvalue weighted by Gasteiger charge is 2.06. The Labute approximate surface area is 128 Å². The summed E-state index contributed by atoms with van der Waals surface area (Å²) in [7, 11) is 0. The van der Waals surface area contributed by atoms with Crippen LogP contribution in [0, 0.1) is 6.92 Å². The van der Waals surface area contributed by atoms with Gasteiger partial charge in [-0.25, -0.2) is 0 Å². The van der Waals surface area contributed by atoms with E-state index in [0.717, 1.165) is 11.3 Å². The first kappa shape index (κ1) is 15.2. The predicted molar refractivity (Wildman–Crippen MR) is 85.8 cm³/mol. The van der Waals surface area contributed by atoms with Crippen molar-refractivity contribution in [3.63, 3.8) is 0 Å². The molecule has 5 heteroatoms. The number of aryl methyl sites for hydroxylation is 1. The van der Waals surface area contributed by atoms with Crippen LogP contribution in [0.4, 0.5) is 11.4 Å². The minimum atomic E-state index is -0.170. The molecule has 0 spiro atoms. The molecule has 0 radical (unpaired) electrons. The molecule has 0 saturated carbocycles. The molecular weight excluding hydrogens is 288 g/mol. The van der Waals surface area contributed by atoms with Crippen molar-refractivity contribution in [3.05, 3.63) is 53.1 Å². The fraction of sp³-hybridized carbons (Fsp3) is 0.188. The number of nitrogens with one attached hydrogen (secondary N) is 1. The van der Waals surface area contributed by atoms with E-state index in [1.165, 1.54) is 0 Å². The van der Waals surface area contributed by atoms with Crippen LogP contribution < -0.4 is 15.8 Å². The van der Waals surface area contributed by atoms with Gasteiger partial charge in [-0.15, -0.1) is 0 Å². The smallest absolute Gasteiger partial charge is 0.227 e. The zero-order valence-corrected chi connectivity index (χ0v) is 12.5. The molecule has 0 unspecified atom stereocenters. The Kier molecular flexibility index (Phi) is 5.06. The summed E-state index contributed by atoms with van der Waals surface area (Å²) in [5.74, 6) is 0.585. The third kappa shape index (κ3) is 4.68. The fourth-order valence-electron chi connectivity index (χ4n) is 1.82. The maximum Gasteiger partial charge on any atom is 0.227 e. The van der Waals surface area contributed by atoms with Crippen LogP contribution in [-0.2, 0) is 4.79 Å². The lowest BCUT2D eigenvalue weighted by molar-refractivity contribution is -0.116. The number of ether oxygens (including phenoxy) is 1. The lowest BCUT2D eigenvalue weighted by Crippen LogP contribution is -2.16. The van der Waals surface area contributed by atoms with Crippen molar-refractivity contribution in [2.45, 2.75) is 13.3 Å². The molecule has 0 saturated heterocycles. The Bertz CT molecular complexity index is 644. The van der Waals surface area contributed by atoms with E-state index in [4.69, 9.17) is 22.1 Å². The van der Waals surface area contributed by atoms with E-state index >= 15 is 0 Å². The first-order valence-electron chi connectivity index (χ1n) is 6.59. The molecule has 1 amide bonds. The minimum absolute atomic E-state index is 0.170. The van der Waals surface area contributed by atoms with Crippen LogP contribution in [0.5, 0.6) is 5.75 Å². The van der Waals surface area contributed by atoms with Crippen LogP contribution in [0.3, 0.4) is 0 Å². The van der Waals surface area contributed by atoms with Crippen LogP contribution in [-0.4, -0.2) is 12.5 Å². The Morgan fingerprint density at radius 3 is 2.86 bits per heavy atom. The Hall–Kier alpha value is -2.20. The van der Waals surface area contributed by atoms with Crippen molar-refractivity contribution in [1.29, 1.82) is 0 Å². The number of anilines is 2. The van der Waals surface area contributed by atoms with E-state index in [-0.39, 0.29) is 12.3 Å². The monoisotopic (exact) mass is 304 g/mol. The number of rotatable bonds is 5. The molecule has 0 atom stereocenters. The first-order valence-corrected chi connectivity index (χ1v) is 6.97. The van der Waals surface area contributed by atoms with Gasteiger partial charge in [-0.1, -0.05) is 23.7 Å². The number of amides is 1. The molecular formula is C16H17ClN2O2. The van der Waals surface area contributed by atoms with E-state index < -0.39 is 0 Å².